The first kappa shape index (κ1) is 24.2. The fourth-order valence-electron chi connectivity index (χ4n) is 3.11. The van der Waals surface area contributed by atoms with Crippen LogP contribution in [0, 0.1) is 0 Å². The average molecular weight is 490 g/mol. The normalized spacial score (nSPS) is 11.7. The minimum absolute atomic E-state index is 0.00817. The number of amides is 3. The summed E-state index contributed by atoms with van der Waals surface area (Å²) < 4.78 is 8.92. The Morgan fingerprint density at radius 2 is 1.97 bits per heavy atom. The number of carbonyl (C=O) groups excluding carboxylic acids is 3. The number of anilines is 1. The number of phenols is 1. The summed E-state index contributed by atoms with van der Waals surface area (Å²) in [4.78, 5) is 40.7. The Balaban J connectivity index is 2.07. The van der Waals surface area contributed by atoms with Crippen molar-refractivity contribution in [2.45, 2.75) is 12.6 Å². The molecule has 3 amide bonds. The zero-order valence-corrected chi connectivity index (χ0v) is 19.3. The number of phenolic OH excluding ortho intramolecular Hbond substituents is 1. The molecule has 2 aromatic heterocycles. The first-order valence-corrected chi connectivity index (χ1v) is 11.4. The maximum atomic E-state index is 13.7. The summed E-state index contributed by atoms with van der Waals surface area (Å²) in [5, 5.41) is 14.3. The van der Waals surface area contributed by atoms with E-state index < -0.39 is 23.8 Å². The van der Waals surface area contributed by atoms with Crippen LogP contribution in [0.5, 0.6) is 5.75 Å². The number of methoxy groups -OCH3 is 1. The van der Waals surface area contributed by atoms with Gasteiger partial charge in [-0.05, 0) is 40.7 Å². The van der Waals surface area contributed by atoms with Crippen molar-refractivity contribution in [2.24, 2.45) is 5.73 Å². The first-order chi connectivity index (χ1) is 15.8. The van der Waals surface area contributed by atoms with Crippen molar-refractivity contribution in [2.75, 3.05) is 26.0 Å². The summed E-state index contributed by atoms with van der Waals surface area (Å²) in [7, 11) is 1.51. The number of thiophene rings is 1. The Morgan fingerprint density at radius 1 is 1.24 bits per heavy atom. The van der Waals surface area contributed by atoms with E-state index in [1.165, 1.54) is 35.5 Å². The number of aromatic nitrogens is 1. The second kappa shape index (κ2) is 10.9. The number of carbonyl (C=O) groups is 3. The van der Waals surface area contributed by atoms with E-state index in [0.29, 0.717) is 5.56 Å². The quantitative estimate of drug-likeness (QED) is 0.315. The highest BCUT2D eigenvalue weighted by atomic mass is 32.1. The third-order valence-corrected chi connectivity index (χ3v) is 6.41. The van der Waals surface area contributed by atoms with Crippen molar-refractivity contribution < 1.29 is 24.2 Å². The number of ether oxygens (including phenoxy) is 1. The van der Waals surface area contributed by atoms with Gasteiger partial charge in [0, 0.05) is 18.5 Å². The van der Waals surface area contributed by atoms with Crippen LogP contribution in [0.3, 0.4) is 0 Å². The molecule has 0 aliphatic rings. The second-order valence-electron chi connectivity index (χ2n) is 6.93. The van der Waals surface area contributed by atoms with Crippen molar-refractivity contribution in [1.82, 2.24) is 14.6 Å². The van der Waals surface area contributed by atoms with Crippen LogP contribution in [0.1, 0.15) is 36.6 Å². The molecule has 3 rings (SSSR count). The number of hydrogen-bond acceptors (Lipinski definition) is 9. The van der Waals surface area contributed by atoms with Gasteiger partial charge in [0.05, 0.1) is 18.8 Å². The molecule has 0 saturated heterocycles. The molecule has 0 fully saturated rings. The number of nitrogens with zero attached hydrogens (tertiary/aromatic N) is 2. The number of nitrogens with two attached hydrogens (primary N) is 2. The van der Waals surface area contributed by atoms with Crippen LogP contribution in [0.4, 0.5) is 5.69 Å². The molecule has 0 saturated carbocycles. The molecule has 0 aliphatic carbocycles. The van der Waals surface area contributed by atoms with Crippen LogP contribution in [-0.4, -0.2) is 52.4 Å². The van der Waals surface area contributed by atoms with E-state index in [0.717, 1.165) is 16.4 Å². The monoisotopic (exact) mass is 489 g/mol. The lowest BCUT2D eigenvalue weighted by molar-refractivity contribution is -0.126. The van der Waals surface area contributed by atoms with Crippen LogP contribution in [0.2, 0.25) is 0 Å². The third kappa shape index (κ3) is 5.66. The lowest BCUT2D eigenvalue weighted by atomic mass is 10.0. The Hall–Kier alpha value is -3.48. The van der Waals surface area contributed by atoms with Gasteiger partial charge in [0.1, 0.15) is 16.7 Å². The summed E-state index contributed by atoms with van der Waals surface area (Å²) >= 11 is 2.17. The van der Waals surface area contributed by atoms with Crippen molar-refractivity contribution in [3.8, 4) is 5.75 Å². The lowest BCUT2D eigenvalue weighted by Gasteiger charge is -2.31. The number of aromatic hydroxyl groups is 1. The van der Waals surface area contributed by atoms with E-state index in [1.54, 1.807) is 12.1 Å². The molecule has 6 N–H and O–H groups in total. The van der Waals surface area contributed by atoms with Crippen molar-refractivity contribution >= 4 is 46.3 Å². The van der Waals surface area contributed by atoms with Crippen LogP contribution >= 0.6 is 22.9 Å². The third-order valence-electron chi connectivity index (χ3n) is 4.70. The number of rotatable bonds is 10. The second-order valence-corrected chi connectivity index (χ2v) is 8.73. The fourth-order valence-corrected chi connectivity index (χ4v) is 4.58. The summed E-state index contributed by atoms with van der Waals surface area (Å²) in [6.07, 6.45) is 0. The molecule has 174 valence electrons. The molecule has 33 heavy (non-hydrogen) atoms. The molecule has 10 nitrogen and oxygen atoms in total. The number of benzene rings is 1. The van der Waals surface area contributed by atoms with E-state index in [4.69, 9.17) is 16.2 Å². The maximum Gasteiger partial charge on any atom is 0.270 e. The Bertz CT molecular complexity index is 1110. The smallest absolute Gasteiger partial charge is 0.270 e. The Morgan fingerprint density at radius 3 is 2.55 bits per heavy atom. The van der Waals surface area contributed by atoms with Gasteiger partial charge in [0.15, 0.2) is 5.69 Å². The highest BCUT2D eigenvalue weighted by Crippen LogP contribution is 2.31. The molecule has 0 bridgehead atoms. The number of nitrogen functional groups attached to an aromatic ring is 1. The Kier molecular flexibility index (Phi) is 7.98. The highest BCUT2D eigenvalue weighted by molar-refractivity contribution is 7.10. The molecule has 3 aromatic rings. The first-order valence-electron chi connectivity index (χ1n) is 9.77. The summed E-state index contributed by atoms with van der Waals surface area (Å²) in [5.74, 6) is -1.85. The number of primary amides is 1. The van der Waals surface area contributed by atoms with Gasteiger partial charge >= 0.3 is 0 Å². The van der Waals surface area contributed by atoms with E-state index in [9.17, 15) is 19.5 Å². The van der Waals surface area contributed by atoms with Crippen molar-refractivity contribution in [3.63, 3.8) is 0 Å². The van der Waals surface area contributed by atoms with Gasteiger partial charge in [-0.2, -0.15) is 4.37 Å². The lowest BCUT2D eigenvalue weighted by Crippen LogP contribution is -2.44. The maximum absolute atomic E-state index is 13.7. The fraction of sp³-hybridized carbons (Fsp3) is 0.238. The summed E-state index contributed by atoms with van der Waals surface area (Å²) in [6, 6.07) is 8.62. The highest BCUT2D eigenvalue weighted by Gasteiger charge is 2.35. The summed E-state index contributed by atoms with van der Waals surface area (Å²) in [6.45, 7) is 0.624. The van der Waals surface area contributed by atoms with Gasteiger partial charge in [-0.25, -0.2) is 0 Å². The molecular weight excluding hydrogens is 466 g/mol. The van der Waals surface area contributed by atoms with Crippen LogP contribution in [0.25, 0.3) is 0 Å². The zero-order chi connectivity index (χ0) is 24.0. The van der Waals surface area contributed by atoms with E-state index >= 15 is 0 Å². The summed E-state index contributed by atoms with van der Waals surface area (Å²) in [5.41, 5.74) is 11.5. The van der Waals surface area contributed by atoms with Gasteiger partial charge in [0.25, 0.3) is 11.8 Å². The SMILES string of the molecule is COCCNC(=O)C(c1ccc(O)cc1)N(Cc1cccs1)C(=O)c1snc(C(N)=O)c1N. The Labute approximate surface area is 197 Å². The standard InChI is InChI=1S/C21H23N5O5S2/c1-31-9-8-24-20(29)17(12-4-6-13(27)7-5-12)26(11-14-3-2-10-32-14)21(30)18-15(22)16(19(23)28)25-33-18/h2-7,10,17,27H,8-9,11,22H2,1H3,(H2,23,28)(H,24,29). The molecular formula is C21H23N5O5S2. The van der Waals surface area contributed by atoms with Crippen molar-refractivity contribution in [1.29, 1.82) is 0 Å². The van der Waals surface area contributed by atoms with Crippen LogP contribution in [-0.2, 0) is 16.1 Å². The largest absolute Gasteiger partial charge is 0.508 e. The van der Waals surface area contributed by atoms with Gasteiger partial charge in [0.2, 0.25) is 5.91 Å². The molecule has 0 aliphatic heterocycles. The molecule has 1 unspecified atom stereocenters. The molecule has 2 heterocycles. The van der Waals surface area contributed by atoms with Crippen molar-refractivity contribution in [3.05, 3.63) is 62.8 Å². The topological polar surface area (TPSA) is 161 Å². The van der Waals surface area contributed by atoms with E-state index in [-0.39, 0.29) is 41.7 Å². The molecule has 12 heteroatoms. The van der Waals surface area contributed by atoms with Crippen LogP contribution < -0.4 is 16.8 Å². The zero-order valence-electron chi connectivity index (χ0n) is 17.7. The van der Waals surface area contributed by atoms with E-state index in [1.807, 2.05) is 17.5 Å². The minimum atomic E-state index is -1.06. The predicted molar refractivity (Wildman–Crippen MR) is 125 cm³/mol. The number of hydrogen-bond donors (Lipinski definition) is 4. The van der Waals surface area contributed by atoms with Crippen LogP contribution in [0.15, 0.2) is 41.8 Å². The molecule has 1 atom stereocenters. The minimum Gasteiger partial charge on any atom is -0.508 e. The average Bonchev–Trinajstić information content (AvgIpc) is 3.44. The van der Waals surface area contributed by atoms with Gasteiger partial charge < -0.3 is 31.5 Å². The number of nitrogens with one attached hydrogen (secondary N) is 1. The van der Waals surface area contributed by atoms with Gasteiger partial charge in [-0.3, -0.25) is 14.4 Å². The van der Waals surface area contributed by atoms with Gasteiger partial charge in [-0.1, -0.05) is 18.2 Å². The molecule has 0 radical (unpaired) electrons. The predicted octanol–water partition coefficient (Wildman–Crippen LogP) is 1.74. The molecule has 0 spiro atoms. The van der Waals surface area contributed by atoms with Gasteiger partial charge in [-0.15, -0.1) is 11.3 Å². The van der Waals surface area contributed by atoms with E-state index in [2.05, 4.69) is 9.69 Å². The molecule has 1 aromatic carbocycles.